The van der Waals surface area contributed by atoms with Crippen molar-refractivity contribution >= 4 is 6.03 Å². The molecule has 5 nitrogen and oxygen atoms in total. The molecule has 0 bridgehead atoms. The minimum Gasteiger partial charge on any atom is -0.378 e. The number of nitrogens with zero attached hydrogens (tertiary/aromatic N) is 1. The fourth-order valence-corrected chi connectivity index (χ4v) is 4.08. The smallest absolute Gasteiger partial charge is 0.378 e. The lowest BCUT2D eigenvalue weighted by atomic mass is 10.00. The Balaban J connectivity index is 1.39. The Morgan fingerprint density at radius 2 is 1.89 bits per heavy atom. The highest BCUT2D eigenvalue weighted by Gasteiger charge is 2.38. The van der Waals surface area contributed by atoms with E-state index >= 15 is 0 Å². The third-order valence-corrected chi connectivity index (χ3v) is 5.76. The number of morpholine rings is 1. The van der Waals surface area contributed by atoms with Crippen molar-refractivity contribution in [3.8, 4) is 0 Å². The van der Waals surface area contributed by atoms with E-state index in [1.807, 2.05) is 0 Å². The Bertz CT molecular complexity index is 708. The van der Waals surface area contributed by atoms with E-state index in [0.29, 0.717) is 19.1 Å². The molecule has 2 amide bonds. The van der Waals surface area contributed by atoms with E-state index in [-0.39, 0.29) is 36.9 Å². The molecule has 3 atom stereocenters. The van der Waals surface area contributed by atoms with E-state index in [9.17, 15) is 18.0 Å². The van der Waals surface area contributed by atoms with Gasteiger partial charge in [-0.1, -0.05) is 18.2 Å². The van der Waals surface area contributed by atoms with Gasteiger partial charge in [-0.25, -0.2) is 4.79 Å². The van der Waals surface area contributed by atoms with Crippen molar-refractivity contribution in [3.63, 3.8) is 0 Å². The molecule has 1 aliphatic carbocycles. The summed E-state index contributed by atoms with van der Waals surface area (Å²) in [6, 6.07) is 5.22. The normalized spacial score (nSPS) is 28.8. The second kappa shape index (κ2) is 7.91. The van der Waals surface area contributed by atoms with Gasteiger partial charge in [-0.15, -0.1) is 0 Å². The minimum absolute atomic E-state index is 0.0515. The van der Waals surface area contributed by atoms with E-state index in [0.717, 1.165) is 18.9 Å². The molecule has 2 heterocycles. The Labute approximate surface area is 162 Å². The number of halogens is 3. The number of carbonyl (C=O) groups excluding carboxylic acids is 1. The summed E-state index contributed by atoms with van der Waals surface area (Å²) < 4.78 is 51.3. The molecule has 28 heavy (non-hydrogen) atoms. The van der Waals surface area contributed by atoms with E-state index in [1.165, 1.54) is 25.0 Å². The Morgan fingerprint density at radius 1 is 1.11 bits per heavy atom. The molecule has 1 saturated carbocycles. The molecule has 4 rings (SSSR count). The average molecular weight is 398 g/mol. The maximum atomic E-state index is 13.3. The molecule has 1 N–H and O–H groups in total. The van der Waals surface area contributed by atoms with Gasteiger partial charge in [0.15, 0.2) is 0 Å². The van der Waals surface area contributed by atoms with Gasteiger partial charge < -0.3 is 19.7 Å². The minimum atomic E-state index is -4.45. The molecule has 0 radical (unpaired) electrons. The van der Waals surface area contributed by atoms with Gasteiger partial charge in [-0.3, -0.25) is 0 Å². The first kappa shape index (κ1) is 19.5. The summed E-state index contributed by atoms with van der Waals surface area (Å²) in [4.78, 5) is 14.3. The predicted molar refractivity (Wildman–Crippen MR) is 95.7 cm³/mol. The van der Waals surface area contributed by atoms with Crippen LogP contribution in [-0.4, -0.2) is 49.4 Å². The zero-order chi connectivity index (χ0) is 19.7. The molecule has 8 heteroatoms. The van der Waals surface area contributed by atoms with Crippen molar-refractivity contribution in [2.45, 2.75) is 50.1 Å². The van der Waals surface area contributed by atoms with Crippen LogP contribution in [0, 0.1) is 5.92 Å². The van der Waals surface area contributed by atoms with Crippen LogP contribution >= 0.6 is 0 Å². The molecule has 1 aromatic rings. The van der Waals surface area contributed by atoms with E-state index in [1.54, 1.807) is 11.0 Å². The van der Waals surface area contributed by atoms with Crippen LogP contribution in [0.25, 0.3) is 0 Å². The lowest BCUT2D eigenvalue weighted by Crippen LogP contribution is -2.52. The van der Waals surface area contributed by atoms with E-state index in [2.05, 4.69) is 5.32 Å². The van der Waals surface area contributed by atoms with Crippen molar-refractivity contribution in [1.82, 2.24) is 10.2 Å². The van der Waals surface area contributed by atoms with E-state index in [4.69, 9.17) is 9.47 Å². The number of urea groups is 1. The molecule has 2 aliphatic heterocycles. The molecule has 154 valence electrons. The van der Waals surface area contributed by atoms with Gasteiger partial charge in [0.25, 0.3) is 0 Å². The first-order valence-corrected chi connectivity index (χ1v) is 9.86. The molecule has 3 aliphatic rings. The van der Waals surface area contributed by atoms with Crippen LogP contribution < -0.4 is 5.32 Å². The molecule has 2 saturated heterocycles. The zero-order valence-electron chi connectivity index (χ0n) is 15.6. The summed E-state index contributed by atoms with van der Waals surface area (Å²) in [6.07, 6.45) is -1.07. The zero-order valence-corrected chi connectivity index (χ0v) is 15.6. The second-order valence-electron chi connectivity index (χ2n) is 7.81. The van der Waals surface area contributed by atoms with Gasteiger partial charge in [0.2, 0.25) is 0 Å². The molecule has 3 fully saturated rings. The maximum absolute atomic E-state index is 13.3. The molecule has 0 aromatic heterocycles. The third kappa shape index (κ3) is 4.43. The maximum Gasteiger partial charge on any atom is 0.416 e. The van der Waals surface area contributed by atoms with Crippen molar-refractivity contribution < 1.29 is 27.4 Å². The van der Waals surface area contributed by atoms with Crippen LogP contribution in [0.4, 0.5) is 18.0 Å². The lowest BCUT2D eigenvalue weighted by molar-refractivity contribution is -0.140. The van der Waals surface area contributed by atoms with Crippen LogP contribution in [0.5, 0.6) is 0 Å². The molecule has 0 spiro atoms. The SMILES string of the molecule is O=C(N[C@@H]1CCO[C@@H](C2CC2)C1)N1CCO[C@@H](c2ccccc2C(F)(F)F)C1. The number of nitrogens with one attached hydrogen (secondary N) is 1. The highest BCUT2D eigenvalue weighted by molar-refractivity contribution is 5.74. The number of carbonyl (C=O) groups is 1. The quantitative estimate of drug-likeness (QED) is 0.844. The molecule has 0 unspecified atom stereocenters. The fourth-order valence-electron chi connectivity index (χ4n) is 4.08. The summed E-state index contributed by atoms with van der Waals surface area (Å²) in [5, 5.41) is 3.05. The van der Waals surface area contributed by atoms with Crippen LogP contribution in [0.15, 0.2) is 24.3 Å². The van der Waals surface area contributed by atoms with Gasteiger partial charge in [0.05, 0.1) is 24.8 Å². The van der Waals surface area contributed by atoms with Gasteiger partial charge in [0.1, 0.15) is 6.10 Å². The topological polar surface area (TPSA) is 50.8 Å². The number of hydrogen-bond acceptors (Lipinski definition) is 3. The monoisotopic (exact) mass is 398 g/mol. The number of alkyl halides is 3. The Hall–Kier alpha value is -1.80. The standard InChI is InChI=1S/C20H25F3N2O3/c21-20(22,23)16-4-2-1-3-15(16)18-12-25(8-10-28-18)19(26)24-14-7-9-27-17(11-14)13-5-6-13/h1-4,13-14,17-18H,5-12H2,(H,24,26)/t14-,17-,18-/m1/s1. The lowest BCUT2D eigenvalue weighted by Gasteiger charge is -2.36. The van der Waals surface area contributed by atoms with Gasteiger partial charge in [-0.05, 0) is 43.2 Å². The predicted octanol–water partition coefficient (Wildman–Crippen LogP) is 3.75. The summed E-state index contributed by atoms with van der Waals surface area (Å²) in [7, 11) is 0. The summed E-state index contributed by atoms with van der Waals surface area (Å²) in [5.74, 6) is 0.617. The van der Waals surface area contributed by atoms with Crippen molar-refractivity contribution in [2.75, 3.05) is 26.3 Å². The highest BCUT2D eigenvalue weighted by Crippen LogP contribution is 2.38. The van der Waals surface area contributed by atoms with Crippen LogP contribution in [0.1, 0.15) is 42.9 Å². The first-order chi connectivity index (χ1) is 13.4. The number of amides is 2. The summed E-state index contributed by atoms with van der Waals surface area (Å²) in [5.41, 5.74) is -0.633. The van der Waals surface area contributed by atoms with Gasteiger partial charge in [-0.2, -0.15) is 13.2 Å². The van der Waals surface area contributed by atoms with Crippen LogP contribution in [0.2, 0.25) is 0 Å². The third-order valence-electron chi connectivity index (χ3n) is 5.76. The van der Waals surface area contributed by atoms with Crippen molar-refractivity contribution in [1.29, 1.82) is 0 Å². The largest absolute Gasteiger partial charge is 0.416 e. The van der Waals surface area contributed by atoms with Gasteiger partial charge >= 0.3 is 12.2 Å². The number of rotatable bonds is 3. The Morgan fingerprint density at radius 3 is 2.64 bits per heavy atom. The Kier molecular flexibility index (Phi) is 5.51. The molecular weight excluding hydrogens is 373 g/mol. The van der Waals surface area contributed by atoms with Gasteiger partial charge in [0, 0.05) is 19.2 Å². The molecular formula is C20H25F3N2O3. The van der Waals surface area contributed by atoms with Crippen LogP contribution in [0.3, 0.4) is 0 Å². The summed E-state index contributed by atoms with van der Waals surface area (Å²) in [6.45, 7) is 1.32. The first-order valence-electron chi connectivity index (χ1n) is 9.86. The fraction of sp³-hybridized carbons (Fsp3) is 0.650. The van der Waals surface area contributed by atoms with Crippen molar-refractivity contribution in [3.05, 3.63) is 35.4 Å². The number of benzene rings is 1. The molecule has 1 aromatic carbocycles. The number of hydrogen-bond donors (Lipinski definition) is 1. The van der Waals surface area contributed by atoms with Crippen molar-refractivity contribution in [2.24, 2.45) is 5.92 Å². The summed E-state index contributed by atoms with van der Waals surface area (Å²) >= 11 is 0. The van der Waals surface area contributed by atoms with Crippen LogP contribution in [-0.2, 0) is 15.7 Å². The second-order valence-corrected chi connectivity index (χ2v) is 7.81. The average Bonchev–Trinajstić information content (AvgIpc) is 3.53. The highest BCUT2D eigenvalue weighted by atomic mass is 19.4. The van der Waals surface area contributed by atoms with E-state index < -0.39 is 17.8 Å². The number of ether oxygens (including phenoxy) is 2.